The van der Waals surface area contributed by atoms with Gasteiger partial charge >= 0.3 is 0 Å². The maximum atomic E-state index is 12.9. The molecule has 1 heterocycles. The minimum absolute atomic E-state index is 0.0367. The Labute approximate surface area is 191 Å². The highest BCUT2D eigenvalue weighted by atomic mass is 35.5. The Morgan fingerprint density at radius 1 is 1.12 bits per heavy atom. The second-order valence-corrected chi connectivity index (χ2v) is 7.59. The average Bonchev–Trinajstić information content (AvgIpc) is 3.31. The molecule has 0 radical (unpaired) electrons. The Balaban J connectivity index is 1.94. The van der Waals surface area contributed by atoms with Gasteiger partial charge in [0.15, 0.2) is 11.5 Å². The van der Waals surface area contributed by atoms with Crippen LogP contribution in [-0.2, 0) is 0 Å². The number of carbonyl (C=O) groups is 1. The van der Waals surface area contributed by atoms with Gasteiger partial charge in [0.25, 0.3) is 5.91 Å². The first-order valence-corrected chi connectivity index (χ1v) is 10.5. The van der Waals surface area contributed by atoms with Crippen LogP contribution in [0, 0.1) is 5.92 Å². The Bertz CT molecular complexity index is 1060. The van der Waals surface area contributed by atoms with Gasteiger partial charge in [-0.3, -0.25) is 4.79 Å². The number of carbonyl (C=O) groups excluding carboxylic acids is 1. The van der Waals surface area contributed by atoms with Gasteiger partial charge in [0.2, 0.25) is 17.5 Å². The summed E-state index contributed by atoms with van der Waals surface area (Å²) in [5.41, 5.74) is 1.00. The zero-order valence-electron chi connectivity index (χ0n) is 18.6. The molecule has 1 amide bonds. The van der Waals surface area contributed by atoms with Crippen LogP contribution >= 0.6 is 11.6 Å². The quantitative estimate of drug-likeness (QED) is 0.484. The maximum absolute atomic E-state index is 12.9. The van der Waals surface area contributed by atoms with Gasteiger partial charge in [-0.15, -0.1) is 0 Å². The molecule has 0 aliphatic carbocycles. The predicted molar refractivity (Wildman–Crippen MR) is 121 cm³/mol. The van der Waals surface area contributed by atoms with E-state index in [4.69, 9.17) is 30.3 Å². The minimum atomic E-state index is -0.493. The molecule has 3 aromatic rings. The van der Waals surface area contributed by atoms with E-state index in [9.17, 15) is 4.79 Å². The van der Waals surface area contributed by atoms with Crippen LogP contribution in [0.15, 0.2) is 40.9 Å². The van der Waals surface area contributed by atoms with Crippen LogP contribution in [-0.4, -0.2) is 37.4 Å². The molecular formula is C23H26ClN3O5. The molecule has 0 unspecified atom stereocenters. The number of hydrogen-bond donors (Lipinski definition) is 1. The first-order valence-electron chi connectivity index (χ1n) is 10.1. The number of nitrogens with zero attached hydrogens (tertiary/aromatic N) is 2. The van der Waals surface area contributed by atoms with Gasteiger partial charge in [-0.25, -0.2) is 0 Å². The zero-order chi connectivity index (χ0) is 23.3. The summed E-state index contributed by atoms with van der Waals surface area (Å²) in [7, 11) is 4.60. The fourth-order valence-electron chi connectivity index (χ4n) is 3.24. The van der Waals surface area contributed by atoms with Crippen LogP contribution < -0.4 is 19.5 Å². The summed E-state index contributed by atoms with van der Waals surface area (Å²) < 4.78 is 21.7. The van der Waals surface area contributed by atoms with E-state index in [0.29, 0.717) is 45.1 Å². The molecular weight excluding hydrogens is 434 g/mol. The Kier molecular flexibility index (Phi) is 7.58. The van der Waals surface area contributed by atoms with Crippen molar-refractivity contribution >= 4 is 17.5 Å². The number of nitrogens with one attached hydrogen (secondary N) is 1. The molecule has 0 bridgehead atoms. The van der Waals surface area contributed by atoms with E-state index in [2.05, 4.69) is 15.5 Å². The predicted octanol–water partition coefficient (Wildman–Crippen LogP) is 4.93. The topological polar surface area (TPSA) is 95.7 Å². The monoisotopic (exact) mass is 459 g/mol. The smallest absolute Gasteiger partial charge is 0.253 e. The standard InChI is InChI=1S/C23H26ClN3O5/c1-6-13(2)19(25-22(28)15-9-7-8-10-16(15)24)23-26-21(27-32-23)14-11-17(29-3)20(31-5)18(12-14)30-4/h7-13,19H,6H2,1-5H3,(H,25,28)/t13-,19+/m0/s1. The van der Waals surface area contributed by atoms with E-state index in [1.807, 2.05) is 13.8 Å². The number of methoxy groups -OCH3 is 3. The van der Waals surface area contributed by atoms with Gasteiger partial charge in [0.1, 0.15) is 6.04 Å². The molecule has 0 spiro atoms. The highest BCUT2D eigenvalue weighted by Gasteiger charge is 2.28. The second-order valence-electron chi connectivity index (χ2n) is 7.19. The molecule has 0 fully saturated rings. The number of amides is 1. The summed E-state index contributed by atoms with van der Waals surface area (Å²) in [6.07, 6.45) is 0.787. The largest absolute Gasteiger partial charge is 0.493 e. The van der Waals surface area contributed by atoms with Crippen molar-refractivity contribution in [3.05, 3.63) is 52.9 Å². The van der Waals surface area contributed by atoms with Crippen molar-refractivity contribution in [1.82, 2.24) is 15.5 Å². The molecule has 0 saturated carbocycles. The van der Waals surface area contributed by atoms with Crippen molar-refractivity contribution in [2.45, 2.75) is 26.3 Å². The summed E-state index contributed by atoms with van der Waals surface area (Å²) in [6.45, 7) is 4.02. The molecule has 3 rings (SSSR count). The molecule has 32 heavy (non-hydrogen) atoms. The molecule has 2 aromatic carbocycles. The van der Waals surface area contributed by atoms with Crippen LogP contribution in [0.1, 0.15) is 42.6 Å². The van der Waals surface area contributed by atoms with Crippen LogP contribution in [0.3, 0.4) is 0 Å². The zero-order valence-corrected chi connectivity index (χ0v) is 19.4. The van der Waals surface area contributed by atoms with E-state index < -0.39 is 6.04 Å². The lowest BCUT2D eigenvalue weighted by molar-refractivity contribution is 0.0910. The molecule has 1 aromatic heterocycles. The Morgan fingerprint density at radius 3 is 2.34 bits per heavy atom. The third kappa shape index (κ3) is 4.80. The van der Waals surface area contributed by atoms with Gasteiger partial charge in [0, 0.05) is 5.56 Å². The summed E-state index contributed by atoms with van der Waals surface area (Å²) >= 11 is 6.18. The molecule has 2 atom stereocenters. The van der Waals surface area contributed by atoms with Gasteiger partial charge in [0.05, 0.1) is 31.9 Å². The SMILES string of the molecule is CC[C@H](C)[C@@H](NC(=O)c1ccccc1Cl)c1nc(-c2cc(OC)c(OC)c(OC)c2)no1. The van der Waals surface area contributed by atoms with Crippen molar-refractivity contribution in [1.29, 1.82) is 0 Å². The van der Waals surface area contributed by atoms with E-state index in [0.717, 1.165) is 6.42 Å². The fraction of sp³-hybridized carbons (Fsp3) is 0.348. The van der Waals surface area contributed by atoms with Crippen molar-refractivity contribution < 1.29 is 23.5 Å². The summed E-state index contributed by atoms with van der Waals surface area (Å²) in [4.78, 5) is 17.4. The maximum Gasteiger partial charge on any atom is 0.253 e. The lowest BCUT2D eigenvalue weighted by atomic mass is 9.98. The van der Waals surface area contributed by atoms with E-state index in [-0.39, 0.29) is 11.8 Å². The summed E-state index contributed by atoms with van der Waals surface area (Å²) in [5.74, 6) is 1.76. The van der Waals surface area contributed by atoms with Gasteiger partial charge in [-0.05, 0) is 30.2 Å². The Morgan fingerprint density at radius 2 is 1.78 bits per heavy atom. The van der Waals surface area contributed by atoms with Crippen molar-refractivity contribution in [3.63, 3.8) is 0 Å². The molecule has 0 aliphatic heterocycles. The summed E-state index contributed by atoms with van der Waals surface area (Å²) in [5, 5.41) is 7.46. The van der Waals surface area contributed by atoms with Gasteiger partial charge in [-0.2, -0.15) is 4.98 Å². The van der Waals surface area contributed by atoms with Crippen LogP contribution in [0.2, 0.25) is 5.02 Å². The normalized spacial score (nSPS) is 12.7. The second kappa shape index (κ2) is 10.4. The average molecular weight is 460 g/mol. The molecule has 0 aliphatic rings. The van der Waals surface area contributed by atoms with Crippen molar-refractivity contribution in [3.8, 4) is 28.6 Å². The number of ether oxygens (including phenoxy) is 3. The van der Waals surface area contributed by atoms with Crippen LogP contribution in [0.4, 0.5) is 0 Å². The van der Waals surface area contributed by atoms with E-state index in [1.54, 1.807) is 36.4 Å². The number of benzene rings is 2. The van der Waals surface area contributed by atoms with E-state index in [1.165, 1.54) is 21.3 Å². The molecule has 9 heteroatoms. The lowest BCUT2D eigenvalue weighted by Crippen LogP contribution is -2.33. The van der Waals surface area contributed by atoms with Gasteiger partial charge in [-0.1, -0.05) is 49.2 Å². The fourth-order valence-corrected chi connectivity index (χ4v) is 3.46. The molecule has 170 valence electrons. The molecule has 8 nitrogen and oxygen atoms in total. The molecule has 1 N–H and O–H groups in total. The highest BCUT2D eigenvalue weighted by molar-refractivity contribution is 6.33. The third-order valence-electron chi connectivity index (χ3n) is 5.25. The number of hydrogen-bond acceptors (Lipinski definition) is 7. The third-order valence-corrected chi connectivity index (χ3v) is 5.58. The Hall–Kier alpha value is -3.26. The van der Waals surface area contributed by atoms with Crippen LogP contribution in [0.5, 0.6) is 17.2 Å². The number of aromatic nitrogens is 2. The van der Waals surface area contributed by atoms with Crippen molar-refractivity contribution in [2.24, 2.45) is 5.92 Å². The van der Waals surface area contributed by atoms with Crippen LogP contribution in [0.25, 0.3) is 11.4 Å². The minimum Gasteiger partial charge on any atom is -0.493 e. The summed E-state index contributed by atoms with van der Waals surface area (Å²) in [6, 6.07) is 9.84. The number of rotatable bonds is 9. The number of halogens is 1. The lowest BCUT2D eigenvalue weighted by Gasteiger charge is -2.21. The van der Waals surface area contributed by atoms with Gasteiger partial charge < -0.3 is 24.1 Å². The van der Waals surface area contributed by atoms with Crippen molar-refractivity contribution in [2.75, 3.05) is 21.3 Å². The first-order chi connectivity index (χ1) is 15.4. The first kappa shape index (κ1) is 23.4. The molecule has 0 saturated heterocycles. The van der Waals surface area contributed by atoms with E-state index >= 15 is 0 Å². The highest BCUT2D eigenvalue weighted by Crippen LogP contribution is 2.40.